The van der Waals surface area contributed by atoms with Gasteiger partial charge in [-0.1, -0.05) is 6.92 Å². The van der Waals surface area contributed by atoms with Gasteiger partial charge < -0.3 is 20.5 Å². The van der Waals surface area contributed by atoms with E-state index in [0.29, 0.717) is 25.2 Å². The normalized spacial score (nSPS) is 26.0. The predicted molar refractivity (Wildman–Crippen MR) is 60.9 cm³/mol. The molecule has 0 aromatic heterocycles. The minimum Gasteiger partial charge on any atom is -0.379 e. The lowest BCUT2D eigenvalue weighted by Gasteiger charge is -2.17. The van der Waals surface area contributed by atoms with E-state index in [1.807, 2.05) is 0 Å². The highest BCUT2D eigenvalue weighted by molar-refractivity contribution is 4.76. The number of rotatable bonds is 8. The molecule has 0 aromatic carbocycles. The summed E-state index contributed by atoms with van der Waals surface area (Å²) in [7, 11) is 0. The molecule has 4 heteroatoms. The van der Waals surface area contributed by atoms with Crippen LogP contribution in [0, 0.1) is 5.92 Å². The Hall–Kier alpha value is -0.160. The predicted octanol–water partition coefficient (Wildman–Crippen LogP) is 0.366. The molecule has 3 N–H and O–H groups in total. The van der Waals surface area contributed by atoms with Gasteiger partial charge in [0.15, 0.2) is 0 Å². The van der Waals surface area contributed by atoms with Crippen LogP contribution in [0.3, 0.4) is 0 Å². The molecule has 0 bridgehead atoms. The second-order valence-corrected chi connectivity index (χ2v) is 3.97. The summed E-state index contributed by atoms with van der Waals surface area (Å²) in [5.74, 6) is 0.685. The van der Waals surface area contributed by atoms with E-state index in [1.54, 1.807) is 0 Å². The molecule has 0 aromatic rings. The van der Waals surface area contributed by atoms with Crippen molar-refractivity contribution in [1.82, 2.24) is 5.32 Å². The number of hydrogen-bond acceptors (Lipinski definition) is 4. The van der Waals surface area contributed by atoms with Crippen LogP contribution in [0.15, 0.2) is 0 Å². The van der Waals surface area contributed by atoms with Crippen LogP contribution in [0.25, 0.3) is 0 Å². The molecule has 1 aliphatic heterocycles. The average Bonchev–Trinajstić information content (AvgIpc) is 2.70. The van der Waals surface area contributed by atoms with Gasteiger partial charge in [0, 0.05) is 26.2 Å². The van der Waals surface area contributed by atoms with Crippen LogP contribution >= 0.6 is 0 Å². The Morgan fingerprint density at radius 2 is 2.33 bits per heavy atom. The fourth-order valence-corrected chi connectivity index (χ4v) is 1.99. The molecule has 0 amide bonds. The van der Waals surface area contributed by atoms with Gasteiger partial charge in [0.2, 0.25) is 0 Å². The zero-order chi connectivity index (χ0) is 10.9. The maximum Gasteiger partial charge on any atom is 0.0613 e. The highest BCUT2D eigenvalue weighted by Crippen LogP contribution is 2.22. The van der Waals surface area contributed by atoms with E-state index in [0.717, 1.165) is 32.7 Å². The van der Waals surface area contributed by atoms with Gasteiger partial charge in [0.25, 0.3) is 0 Å². The van der Waals surface area contributed by atoms with E-state index in [1.165, 1.54) is 6.42 Å². The molecule has 4 nitrogen and oxygen atoms in total. The van der Waals surface area contributed by atoms with E-state index in [2.05, 4.69) is 12.2 Å². The van der Waals surface area contributed by atoms with Gasteiger partial charge in [-0.3, -0.25) is 0 Å². The molecular formula is C11H24N2O2. The fourth-order valence-electron chi connectivity index (χ4n) is 1.99. The summed E-state index contributed by atoms with van der Waals surface area (Å²) in [6, 6.07) is 0. The first-order chi connectivity index (χ1) is 7.38. The van der Waals surface area contributed by atoms with Crippen molar-refractivity contribution >= 4 is 0 Å². The molecule has 1 heterocycles. The average molecular weight is 216 g/mol. The molecule has 90 valence electrons. The van der Waals surface area contributed by atoms with Crippen LogP contribution in [-0.4, -0.2) is 45.6 Å². The molecule has 2 unspecified atom stereocenters. The first-order valence-corrected chi connectivity index (χ1v) is 5.98. The lowest BCUT2D eigenvalue weighted by molar-refractivity contribution is 0.0860. The third kappa shape index (κ3) is 4.93. The van der Waals surface area contributed by atoms with E-state index in [4.69, 9.17) is 15.2 Å². The van der Waals surface area contributed by atoms with Crippen LogP contribution in [0.5, 0.6) is 0 Å². The van der Waals surface area contributed by atoms with Crippen molar-refractivity contribution in [3.8, 4) is 0 Å². The molecule has 15 heavy (non-hydrogen) atoms. The van der Waals surface area contributed by atoms with Crippen molar-refractivity contribution in [3.05, 3.63) is 0 Å². The van der Waals surface area contributed by atoms with Gasteiger partial charge in [-0.05, 0) is 18.8 Å². The first-order valence-electron chi connectivity index (χ1n) is 5.98. The molecule has 0 spiro atoms. The summed E-state index contributed by atoms with van der Waals surface area (Å²) < 4.78 is 10.9. The summed E-state index contributed by atoms with van der Waals surface area (Å²) >= 11 is 0. The molecule has 1 saturated heterocycles. The zero-order valence-corrected chi connectivity index (χ0v) is 9.71. The van der Waals surface area contributed by atoms with E-state index >= 15 is 0 Å². The van der Waals surface area contributed by atoms with Crippen LogP contribution in [0.4, 0.5) is 0 Å². The quantitative estimate of drug-likeness (QED) is 0.575. The maximum absolute atomic E-state index is 5.62. The van der Waals surface area contributed by atoms with Gasteiger partial charge in [-0.2, -0.15) is 0 Å². The topological polar surface area (TPSA) is 56.5 Å². The van der Waals surface area contributed by atoms with E-state index in [9.17, 15) is 0 Å². The first kappa shape index (κ1) is 12.9. The standard InChI is InChI=1S/C11H24N2O2/c1-2-11-10(3-6-15-11)9-13-5-8-14-7-4-12/h10-11,13H,2-9,12H2,1H3. The largest absolute Gasteiger partial charge is 0.379 e. The number of nitrogens with one attached hydrogen (secondary N) is 1. The fraction of sp³-hybridized carbons (Fsp3) is 1.00. The van der Waals surface area contributed by atoms with Crippen molar-refractivity contribution in [2.24, 2.45) is 11.7 Å². The van der Waals surface area contributed by atoms with Crippen molar-refractivity contribution in [2.45, 2.75) is 25.9 Å². The summed E-state index contributed by atoms with van der Waals surface area (Å²) in [5.41, 5.74) is 5.32. The van der Waals surface area contributed by atoms with Gasteiger partial charge >= 0.3 is 0 Å². The highest BCUT2D eigenvalue weighted by Gasteiger charge is 2.25. The monoisotopic (exact) mass is 216 g/mol. The summed E-state index contributed by atoms with van der Waals surface area (Å²) in [5, 5.41) is 3.40. The van der Waals surface area contributed by atoms with Crippen LogP contribution < -0.4 is 11.1 Å². The van der Waals surface area contributed by atoms with Crippen molar-refractivity contribution in [3.63, 3.8) is 0 Å². The molecule has 1 fully saturated rings. The molecule has 2 atom stereocenters. The Morgan fingerprint density at radius 3 is 3.07 bits per heavy atom. The Morgan fingerprint density at radius 1 is 1.47 bits per heavy atom. The Labute approximate surface area is 92.5 Å². The van der Waals surface area contributed by atoms with Crippen LogP contribution in [-0.2, 0) is 9.47 Å². The zero-order valence-electron chi connectivity index (χ0n) is 9.71. The van der Waals surface area contributed by atoms with E-state index < -0.39 is 0 Å². The Kier molecular flexibility index (Phi) is 6.92. The van der Waals surface area contributed by atoms with Crippen molar-refractivity contribution in [2.75, 3.05) is 39.5 Å². The molecule has 1 rings (SSSR count). The number of nitrogens with two attached hydrogens (primary N) is 1. The lowest BCUT2D eigenvalue weighted by atomic mass is 10.00. The second-order valence-electron chi connectivity index (χ2n) is 3.97. The second kappa shape index (κ2) is 8.05. The third-order valence-corrected chi connectivity index (χ3v) is 2.84. The van der Waals surface area contributed by atoms with Gasteiger partial charge in [0.05, 0.1) is 19.3 Å². The number of ether oxygens (including phenoxy) is 2. The van der Waals surface area contributed by atoms with Crippen LogP contribution in [0.1, 0.15) is 19.8 Å². The highest BCUT2D eigenvalue weighted by atomic mass is 16.5. The minimum atomic E-state index is 0.461. The van der Waals surface area contributed by atoms with Crippen LogP contribution in [0.2, 0.25) is 0 Å². The Balaban J connectivity index is 1.95. The number of hydrogen-bond donors (Lipinski definition) is 2. The summed E-state index contributed by atoms with van der Waals surface area (Å²) in [4.78, 5) is 0. The van der Waals surface area contributed by atoms with E-state index in [-0.39, 0.29) is 0 Å². The molecular weight excluding hydrogens is 192 g/mol. The summed E-state index contributed by atoms with van der Waals surface area (Å²) in [6.07, 6.45) is 2.77. The van der Waals surface area contributed by atoms with Gasteiger partial charge in [0.1, 0.15) is 0 Å². The minimum absolute atomic E-state index is 0.461. The molecule has 0 radical (unpaired) electrons. The molecule has 0 saturated carbocycles. The summed E-state index contributed by atoms with van der Waals surface area (Å²) in [6.45, 7) is 7.08. The lowest BCUT2D eigenvalue weighted by Crippen LogP contribution is -2.30. The van der Waals surface area contributed by atoms with Gasteiger partial charge in [-0.15, -0.1) is 0 Å². The maximum atomic E-state index is 5.62. The SMILES string of the molecule is CCC1OCCC1CNCCOCCN. The molecule has 1 aliphatic rings. The van der Waals surface area contributed by atoms with Crippen molar-refractivity contribution in [1.29, 1.82) is 0 Å². The Bertz CT molecular complexity index is 156. The smallest absolute Gasteiger partial charge is 0.0613 e. The van der Waals surface area contributed by atoms with Crippen molar-refractivity contribution < 1.29 is 9.47 Å². The third-order valence-electron chi connectivity index (χ3n) is 2.84. The molecule has 0 aliphatic carbocycles. The van der Waals surface area contributed by atoms with Gasteiger partial charge in [-0.25, -0.2) is 0 Å².